The van der Waals surface area contributed by atoms with Gasteiger partial charge in [-0.3, -0.25) is 14.5 Å². The molecule has 0 spiro atoms. The molecule has 6 nitrogen and oxygen atoms in total. The summed E-state index contributed by atoms with van der Waals surface area (Å²) in [6, 6.07) is 13.3. The molecule has 0 saturated carbocycles. The van der Waals surface area contributed by atoms with Gasteiger partial charge in [-0.05, 0) is 35.7 Å². The number of anilines is 1. The van der Waals surface area contributed by atoms with Gasteiger partial charge in [-0.25, -0.2) is 9.37 Å². The molecule has 4 aromatic rings. The van der Waals surface area contributed by atoms with Gasteiger partial charge in [0.05, 0.1) is 27.8 Å². The number of methoxy groups -OCH3 is 1. The Hall–Kier alpha value is -3.56. The van der Waals surface area contributed by atoms with E-state index in [1.807, 2.05) is 0 Å². The van der Waals surface area contributed by atoms with Crippen LogP contribution in [-0.2, 0) is 4.79 Å². The number of Topliss-reactive ketones (excluding diaryl/α,β-unsaturated/α-hetero) is 1. The van der Waals surface area contributed by atoms with Crippen molar-refractivity contribution in [3.63, 3.8) is 0 Å². The number of ether oxygens (including phenoxy) is 1. The van der Waals surface area contributed by atoms with Crippen LogP contribution in [0.25, 0.3) is 10.2 Å². The van der Waals surface area contributed by atoms with Crippen LogP contribution in [0.15, 0.2) is 71.3 Å². The number of hydrogen-bond donors (Lipinski definition) is 1. The molecule has 32 heavy (non-hydrogen) atoms. The molecule has 0 radical (unpaired) electrons. The zero-order valence-electron chi connectivity index (χ0n) is 16.6. The quantitative estimate of drug-likeness (QED) is 0.405. The molecule has 2 aromatic heterocycles. The molecule has 1 amide bonds. The molecule has 0 fully saturated rings. The molecule has 0 aliphatic carbocycles. The summed E-state index contributed by atoms with van der Waals surface area (Å²) < 4.78 is 20.9. The fraction of sp³-hybridized carbons (Fsp3) is 0.0870. The second kappa shape index (κ2) is 7.85. The van der Waals surface area contributed by atoms with E-state index < -0.39 is 29.3 Å². The Morgan fingerprint density at radius 2 is 2.00 bits per heavy atom. The molecule has 2 aromatic carbocycles. The first-order valence-electron chi connectivity index (χ1n) is 9.53. The lowest BCUT2D eigenvalue weighted by molar-refractivity contribution is -0.117. The van der Waals surface area contributed by atoms with Crippen LogP contribution in [0.5, 0.6) is 5.75 Å². The first-order chi connectivity index (χ1) is 15.5. The Labute approximate surface area is 189 Å². The van der Waals surface area contributed by atoms with Crippen molar-refractivity contribution in [2.24, 2.45) is 0 Å². The third kappa shape index (κ3) is 3.17. The van der Waals surface area contributed by atoms with E-state index in [0.29, 0.717) is 16.1 Å². The van der Waals surface area contributed by atoms with E-state index in [1.165, 1.54) is 45.8 Å². The third-order valence-corrected chi connectivity index (χ3v) is 7.07. The highest BCUT2D eigenvalue weighted by Gasteiger charge is 2.47. The number of aromatic nitrogens is 1. The Morgan fingerprint density at radius 1 is 1.19 bits per heavy atom. The molecule has 9 heteroatoms. The lowest BCUT2D eigenvalue weighted by Gasteiger charge is -2.24. The fourth-order valence-corrected chi connectivity index (χ4v) is 5.39. The normalized spacial score (nSPS) is 16.2. The number of hydrogen-bond acceptors (Lipinski definition) is 7. The first kappa shape index (κ1) is 20.3. The minimum atomic E-state index is -1.15. The summed E-state index contributed by atoms with van der Waals surface area (Å²) in [4.78, 5) is 32.5. The standard InChI is InChI=1S/C23H15FN2O4S2/c1-30-12-8-9-15-17(11-12)32-23(25-15)26-19(13-5-2-3-6-14(13)24)18(21(28)22(26)29)20(27)16-7-4-10-31-16/h2-11,19,28H,1H3. The van der Waals surface area contributed by atoms with Crippen molar-refractivity contribution < 1.29 is 23.8 Å². The topological polar surface area (TPSA) is 79.7 Å². The fourth-order valence-electron chi connectivity index (χ4n) is 3.69. The first-order valence-corrected chi connectivity index (χ1v) is 11.2. The van der Waals surface area contributed by atoms with Crippen LogP contribution < -0.4 is 9.64 Å². The highest BCUT2D eigenvalue weighted by atomic mass is 32.1. The van der Waals surface area contributed by atoms with Crippen molar-refractivity contribution in [3.8, 4) is 5.75 Å². The minimum Gasteiger partial charge on any atom is -0.503 e. The lowest BCUT2D eigenvalue weighted by atomic mass is 9.95. The van der Waals surface area contributed by atoms with E-state index in [4.69, 9.17) is 4.74 Å². The number of nitrogens with zero attached hydrogens (tertiary/aromatic N) is 2. The van der Waals surface area contributed by atoms with E-state index >= 15 is 0 Å². The van der Waals surface area contributed by atoms with Gasteiger partial charge in [0.25, 0.3) is 5.91 Å². The SMILES string of the molecule is COc1ccc2nc(N3C(=O)C(O)=C(C(=O)c4cccs4)C3c3ccccc3F)sc2c1. The van der Waals surface area contributed by atoms with E-state index in [2.05, 4.69) is 4.98 Å². The third-order valence-electron chi connectivity index (χ3n) is 5.19. The van der Waals surface area contributed by atoms with E-state index in [1.54, 1.807) is 48.9 Å². The molecule has 1 N–H and O–H groups in total. The number of rotatable bonds is 5. The van der Waals surface area contributed by atoms with Gasteiger partial charge in [-0.2, -0.15) is 0 Å². The molecular formula is C23H15FN2O4S2. The molecule has 1 unspecified atom stereocenters. The molecule has 160 valence electrons. The Bertz CT molecular complexity index is 1390. The Balaban J connectivity index is 1.69. The largest absolute Gasteiger partial charge is 0.503 e. The van der Waals surface area contributed by atoms with Gasteiger partial charge >= 0.3 is 0 Å². The summed E-state index contributed by atoms with van der Waals surface area (Å²) >= 11 is 2.37. The Kier molecular flexibility index (Phi) is 4.99. The van der Waals surface area contributed by atoms with Gasteiger partial charge in [0.2, 0.25) is 5.78 Å². The maximum Gasteiger partial charge on any atom is 0.296 e. The maximum atomic E-state index is 14.9. The second-order valence-corrected chi connectivity index (χ2v) is 8.95. The van der Waals surface area contributed by atoms with E-state index in [0.717, 1.165) is 4.70 Å². The molecule has 1 atom stereocenters. The van der Waals surface area contributed by atoms with Gasteiger partial charge in [0.15, 0.2) is 10.9 Å². The minimum absolute atomic E-state index is 0.0987. The van der Waals surface area contributed by atoms with Gasteiger partial charge in [-0.1, -0.05) is 35.6 Å². The summed E-state index contributed by atoms with van der Waals surface area (Å²) in [5, 5.41) is 12.7. The summed E-state index contributed by atoms with van der Waals surface area (Å²) in [7, 11) is 1.55. The number of aliphatic hydroxyl groups is 1. The zero-order chi connectivity index (χ0) is 22.4. The highest BCUT2D eigenvalue weighted by Crippen LogP contribution is 2.45. The smallest absolute Gasteiger partial charge is 0.296 e. The number of thiophene rings is 1. The number of carbonyl (C=O) groups is 2. The summed E-state index contributed by atoms with van der Waals surface area (Å²) in [5.41, 5.74) is 0.546. The molecule has 1 aliphatic rings. The van der Waals surface area contributed by atoms with Gasteiger partial charge in [-0.15, -0.1) is 11.3 Å². The molecular weight excluding hydrogens is 451 g/mol. The maximum absolute atomic E-state index is 14.9. The molecule has 3 heterocycles. The van der Waals surface area contributed by atoms with Crippen molar-refractivity contribution in [3.05, 3.63) is 87.6 Å². The van der Waals surface area contributed by atoms with Crippen LogP contribution >= 0.6 is 22.7 Å². The predicted octanol–water partition coefficient (Wildman–Crippen LogP) is 5.29. The van der Waals surface area contributed by atoms with Crippen LogP contribution in [0.1, 0.15) is 21.3 Å². The average Bonchev–Trinajstić information content (AvgIpc) is 3.52. The predicted molar refractivity (Wildman–Crippen MR) is 121 cm³/mol. The van der Waals surface area contributed by atoms with E-state index in [-0.39, 0.29) is 16.3 Å². The van der Waals surface area contributed by atoms with Gasteiger partial charge in [0.1, 0.15) is 17.6 Å². The van der Waals surface area contributed by atoms with E-state index in [9.17, 15) is 19.1 Å². The van der Waals surface area contributed by atoms with Crippen molar-refractivity contribution in [2.75, 3.05) is 12.0 Å². The van der Waals surface area contributed by atoms with Crippen LogP contribution in [0.3, 0.4) is 0 Å². The van der Waals surface area contributed by atoms with Crippen molar-refractivity contribution in [1.82, 2.24) is 4.98 Å². The van der Waals surface area contributed by atoms with Crippen molar-refractivity contribution >= 4 is 49.7 Å². The molecule has 5 rings (SSSR count). The summed E-state index contributed by atoms with van der Waals surface area (Å²) in [5.74, 6) is -1.99. The molecule has 0 saturated heterocycles. The number of carbonyl (C=O) groups excluding carboxylic acids is 2. The van der Waals surface area contributed by atoms with Crippen molar-refractivity contribution in [2.45, 2.75) is 6.04 Å². The number of aliphatic hydroxyl groups excluding tert-OH is 1. The average molecular weight is 467 g/mol. The summed E-state index contributed by atoms with van der Waals surface area (Å²) in [6.45, 7) is 0. The van der Waals surface area contributed by atoms with Crippen molar-refractivity contribution in [1.29, 1.82) is 0 Å². The van der Waals surface area contributed by atoms with Crippen LogP contribution in [0.4, 0.5) is 9.52 Å². The molecule has 0 bridgehead atoms. The molecule has 1 aliphatic heterocycles. The number of halogens is 1. The Morgan fingerprint density at radius 3 is 2.72 bits per heavy atom. The number of thiazole rings is 1. The highest BCUT2D eigenvalue weighted by molar-refractivity contribution is 7.22. The number of amides is 1. The number of fused-ring (bicyclic) bond motifs is 1. The van der Waals surface area contributed by atoms with Crippen LogP contribution in [0, 0.1) is 5.82 Å². The lowest BCUT2D eigenvalue weighted by Crippen LogP contribution is -2.31. The second-order valence-electron chi connectivity index (χ2n) is 7.00. The van der Waals surface area contributed by atoms with Crippen LogP contribution in [0.2, 0.25) is 0 Å². The monoisotopic (exact) mass is 466 g/mol. The number of benzene rings is 2. The van der Waals surface area contributed by atoms with Gasteiger partial charge in [0, 0.05) is 5.56 Å². The van der Waals surface area contributed by atoms with Gasteiger partial charge < -0.3 is 9.84 Å². The number of ketones is 1. The summed E-state index contributed by atoms with van der Waals surface area (Å²) in [6.07, 6.45) is 0. The zero-order valence-corrected chi connectivity index (χ0v) is 18.2. The van der Waals surface area contributed by atoms with Crippen LogP contribution in [-0.4, -0.2) is 28.9 Å².